The normalized spacial score (nSPS) is 19.0. The molecule has 0 amide bonds. The van der Waals surface area contributed by atoms with Crippen LogP contribution in [0.15, 0.2) is 24.3 Å². The summed E-state index contributed by atoms with van der Waals surface area (Å²) in [5, 5.41) is 0. The number of methoxy groups -OCH3 is 1. The Labute approximate surface area is 108 Å². The van der Waals surface area contributed by atoms with Gasteiger partial charge in [0.1, 0.15) is 5.92 Å². The van der Waals surface area contributed by atoms with E-state index in [4.69, 9.17) is 0 Å². The van der Waals surface area contributed by atoms with Gasteiger partial charge in [0.2, 0.25) is 0 Å². The van der Waals surface area contributed by atoms with E-state index in [9.17, 15) is 18.4 Å². The van der Waals surface area contributed by atoms with Crippen molar-refractivity contribution in [1.29, 1.82) is 0 Å². The zero-order valence-electron chi connectivity index (χ0n) is 10.3. The van der Waals surface area contributed by atoms with Gasteiger partial charge in [-0.05, 0) is 30.6 Å². The van der Waals surface area contributed by atoms with Crippen LogP contribution in [0, 0.1) is 17.6 Å². The van der Waals surface area contributed by atoms with E-state index in [2.05, 4.69) is 4.74 Å². The lowest BCUT2D eigenvalue weighted by Gasteiger charge is -2.19. The van der Waals surface area contributed by atoms with Crippen molar-refractivity contribution in [2.24, 2.45) is 5.92 Å². The second-order valence-electron chi connectivity index (χ2n) is 4.29. The van der Waals surface area contributed by atoms with Crippen molar-refractivity contribution >= 4 is 17.3 Å². The van der Waals surface area contributed by atoms with Crippen LogP contribution >= 0.6 is 0 Å². The van der Waals surface area contributed by atoms with Gasteiger partial charge in [0, 0.05) is 5.56 Å². The van der Waals surface area contributed by atoms with Crippen LogP contribution in [-0.2, 0) is 14.3 Å². The van der Waals surface area contributed by atoms with Crippen molar-refractivity contribution in [3.8, 4) is 0 Å². The molecule has 1 aromatic carbocycles. The summed E-state index contributed by atoms with van der Waals surface area (Å²) in [6.45, 7) is 0. The maximum Gasteiger partial charge on any atom is 0.316 e. The molecule has 1 aliphatic carbocycles. The predicted octanol–water partition coefficient (Wildman–Crippen LogP) is 2.50. The van der Waals surface area contributed by atoms with E-state index in [0.29, 0.717) is 12.0 Å². The Balaban J connectivity index is 2.32. The van der Waals surface area contributed by atoms with E-state index < -0.39 is 29.3 Å². The molecule has 0 saturated carbocycles. The molecule has 0 saturated heterocycles. The fourth-order valence-electron chi connectivity index (χ4n) is 2.13. The molecule has 1 unspecified atom stereocenters. The molecule has 1 atom stereocenters. The molecule has 0 spiro atoms. The van der Waals surface area contributed by atoms with Gasteiger partial charge >= 0.3 is 5.97 Å². The highest BCUT2D eigenvalue weighted by Crippen LogP contribution is 2.31. The van der Waals surface area contributed by atoms with E-state index in [-0.39, 0.29) is 12.0 Å². The summed E-state index contributed by atoms with van der Waals surface area (Å²) in [4.78, 5) is 23.1. The summed E-state index contributed by atoms with van der Waals surface area (Å²) < 4.78 is 31.3. The van der Waals surface area contributed by atoms with Gasteiger partial charge in [-0.1, -0.05) is 12.1 Å². The van der Waals surface area contributed by atoms with Gasteiger partial charge in [-0.2, -0.15) is 0 Å². The Morgan fingerprint density at radius 3 is 2.74 bits per heavy atom. The lowest BCUT2D eigenvalue weighted by Crippen LogP contribution is -2.26. The van der Waals surface area contributed by atoms with Gasteiger partial charge in [0.05, 0.1) is 7.11 Å². The van der Waals surface area contributed by atoms with E-state index in [0.717, 1.165) is 6.07 Å². The highest BCUT2D eigenvalue weighted by atomic mass is 19.2. The summed E-state index contributed by atoms with van der Waals surface area (Å²) in [6.07, 6.45) is 1.77. The first-order chi connectivity index (χ1) is 9.04. The number of carbonyl (C=O) groups excluding carboxylic acids is 2. The number of ketones is 1. The molecule has 1 aromatic rings. The molecular formula is C14H12F2O3. The number of halogens is 2. The lowest BCUT2D eigenvalue weighted by molar-refractivity contribution is -0.148. The number of benzene rings is 1. The summed E-state index contributed by atoms with van der Waals surface area (Å²) in [5.74, 6) is -3.80. The van der Waals surface area contributed by atoms with Gasteiger partial charge in [-0.3, -0.25) is 9.59 Å². The van der Waals surface area contributed by atoms with Crippen LogP contribution in [0.5, 0.6) is 0 Å². The third-order valence-corrected chi connectivity index (χ3v) is 3.15. The zero-order valence-corrected chi connectivity index (χ0v) is 10.3. The standard InChI is InChI=1S/C14H12F2O3/c1-19-14(18)10-6-5-8(7-12(10)17)9-3-2-4-11(15)13(9)16/h2-4,7,10H,5-6H2,1H3. The summed E-state index contributed by atoms with van der Waals surface area (Å²) in [5.41, 5.74) is 0.471. The van der Waals surface area contributed by atoms with Crippen molar-refractivity contribution in [2.75, 3.05) is 7.11 Å². The van der Waals surface area contributed by atoms with Gasteiger partial charge in [-0.25, -0.2) is 8.78 Å². The Bertz CT molecular complexity index is 564. The fraction of sp³-hybridized carbons (Fsp3) is 0.286. The predicted molar refractivity (Wildman–Crippen MR) is 64.1 cm³/mol. The SMILES string of the molecule is COC(=O)C1CCC(c2cccc(F)c2F)=CC1=O. The van der Waals surface area contributed by atoms with Crippen molar-refractivity contribution in [3.63, 3.8) is 0 Å². The molecule has 3 nitrogen and oxygen atoms in total. The van der Waals surface area contributed by atoms with Crippen LogP contribution in [0.3, 0.4) is 0 Å². The quantitative estimate of drug-likeness (QED) is 0.610. The molecular weight excluding hydrogens is 254 g/mol. The minimum Gasteiger partial charge on any atom is -0.468 e. The van der Waals surface area contributed by atoms with Crippen LogP contribution in [0.4, 0.5) is 8.78 Å². The van der Waals surface area contributed by atoms with Crippen LogP contribution < -0.4 is 0 Å². The topological polar surface area (TPSA) is 43.4 Å². The molecule has 0 bridgehead atoms. The summed E-state index contributed by atoms with van der Waals surface area (Å²) >= 11 is 0. The highest BCUT2D eigenvalue weighted by molar-refractivity contribution is 6.09. The molecule has 0 heterocycles. The first-order valence-electron chi connectivity index (χ1n) is 5.81. The molecule has 100 valence electrons. The minimum absolute atomic E-state index is 0.0664. The lowest BCUT2D eigenvalue weighted by atomic mass is 9.85. The van der Waals surface area contributed by atoms with E-state index >= 15 is 0 Å². The highest BCUT2D eigenvalue weighted by Gasteiger charge is 2.30. The fourth-order valence-corrected chi connectivity index (χ4v) is 2.13. The van der Waals surface area contributed by atoms with E-state index in [1.807, 2.05) is 0 Å². The van der Waals surface area contributed by atoms with Gasteiger partial charge < -0.3 is 4.74 Å². The number of hydrogen-bond acceptors (Lipinski definition) is 3. The van der Waals surface area contributed by atoms with Crippen LogP contribution in [0.1, 0.15) is 18.4 Å². The second kappa shape index (κ2) is 5.30. The molecule has 5 heteroatoms. The Morgan fingerprint density at radius 1 is 1.37 bits per heavy atom. The number of carbonyl (C=O) groups is 2. The monoisotopic (exact) mass is 266 g/mol. The molecule has 0 aliphatic heterocycles. The number of rotatable bonds is 2. The Hall–Kier alpha value is -2.04. The van der Waals surface area contributed by atoms with Crippen LogP contribution in [-0.4, -0.2) is 18.9 Å². The first kappa shape index (κ1) is 13.4. The first-order valence-corrected chi connectivity index (χ1v) is 5.81. The maximum atomic E-state index is 13.6. The van der Waals surface area contributed by atoms with Crippen LogP contribution in [0.2, 0.25) is 0 Å². The maximum absolute atomic E-state index is 13.6. The summed E-state index contributed by atoms with van der Waals surface area (Å²) in [6, 6.07) is 3.81. The molecule has 0 N–H and O–H groups in total. The number of esters is 1. The Morgan fingerprint density at radius 2 is 2.11 bits per heavy atom. The van der Waals surface area contributed by atoms with Crippen molar-refractivity contribution < 1.29 is 23.1 Å². The second-order valence-corrected chi connectivity index (χ2v) is 4.29. The van der Waals surface area contributed by atoms with E-state index in [1.54, 1.807) is 0 Å². The van der Waals surface area contributed by atoms with Crippen molar-refractivity contribution in [3.05, 3.63) is 41.5 Å². The molecule has 0 aromatic heterocycles. The summed E-state index contributed by atoms with van der Waals surface area (Å²) in [7, 11) is 1.21. The zero-order chi connectivity index (χ0) is 14.0. The average molecular weight is 266 g/mol. The molecule has 0 radical (unpaired) electrons. The molecule has 0 fully saturated rings. The van der Waals surface area contributed by atoms with Gasteiger partial charge in [-0.15, -0.1) is 0 Å². The van der Waals surface area contributed by atoms with Crippen molar-refractivity contribution in [2.45, 2.75) is 12.8 Å². The average Bonchev–Trinajstić information content (AvgIpc) is 2.41. The van der Waals surface area contributed by atoms with E-state index in [1.165, 1.54) is 25.3 Å². The van der Waals surface area contributed by atoms with Crippen molar-refractivity contribution in [1.82, 2.24) is 0 Å². The molecule has 2 rings (SSSR count). The number of hydrogen-bond donors (Lipinski definition) is 0. The molecule has 19 heavy (non-hydrogen) atoms. The number of allylic oxidation sites excluding steroid dienone is 2. The van der Waals surface area contributed by atoms with Crippen LogP contribution in [0.25, 0.3) is 5.57 Å². The third kappa shape index (κ3) is 2.54. The molecule has 1 aliphatic rings. The van der Waals surface area contributed by atoms with Gasteiger partial charge in [0.25, 0.3) is 0 Å². The third-order valence-electron chi connectivity index (χ3n) is 3.15. The largest absolute Gasteiger partial charge is 0.468 e. The Kier molecular flexibility index (Phi) is 3.74. The number of ether oxygens (including phenoxy) is 1. The minimum atomic E-state index is -0.974. The van der Waals surface area contributed by atoms with Gasteiger partial charge in [0.15, 0.2) is 17.4 Å². The smallest absolute Gasteiger partial charge is 0.316 e.